The first-order valence-electron chi connectivity index (χ1n) is 6.09. The molecule has 0 spiro atoms. The maximum Gasteiger partial charge on any atom is 2.00 e. The topological polar surface area (TPSA) is 28.2 Å². The summed E-state index contributed by atoms with van der Waals surface area (Å²) in [4.78, 5) is 0. The number of hydrogen-bond acceptors (Lipinski definition) is 0. The summed E-state index contributed by atoms with van der Waals surface area (Å²) < 4.78 is 0. The molecule has 88 valence electrons. The van der Waals surface area contributed by atoms with E-state index in [9.17, 15) is 0 Å². The third-order valence-corrected chi connectivity index (χ3v) is 1.53. The Hall–Kier alpha value is 0.686. The van der Waals surface area contributed by atoms with Crippen LogP contribution in [0, 0.1) is 0 Å². The molecule has 0 heterocycles. The molecule has 0 N–H and O–H groups in total. The van der Waals surface area contributed by atoms with Gasteiger partial charge in [0.25, 0.3) is 0 Å². The van der Waals surface area contributed by atoms with Gasteiger partial charge in [-0.25, -0.2) is 0 Å². The van der Waals surface area contributed by atoms with Crippen molar-refractivity contribution in [3.63, 3.8) is 0 Å². The molecule has 0 aromatic carbocycles. The number of rotatable bonds is 8. The predicted octanol–water partition coefficient (Wildman–Crippen LogP) is 3.98. The minimum absolute atomic E-state index is 0. The monoisotopic (exact) mass is 224 g/mol. The summed E-state index contributed by atoms with van der Waals surface area (Å²) in [6, 6.07) is 0. The molecule has 0 aromatic rings. The van der Waals surface area contributed by atoms with Crippen LogP contribution in [0.3, 0.4) is 0 Å². The van der Waals surface area contributed by atoms with Crippen LogP contribution in [0.4, 0.5) is 0 Å². The maximum atomic E-state index is 4.21. The van der Waals surface area contributed by atoms with E-state index in [1.165, 1.54) is 25.7 Å². The molecule has 0 amide bonds. The molecule has 0 aromatic heterocycles. The summed E-state index contributed by atoms with van der Waals surface area (Å²) in [6.07, 6.45) is 4.78. The van der Waals surface area contributed by atoms with Crippen LogP contribution in [-0.4, -0.2) is 49.2 Å². The van der Waals surface area contributed by atoms with Crippen LogP contribution in [-0.2, 0) is 0 Å². The second kappa shape index (κ2) is 24.1. The second-order valence-corrected chi connectivity index (χ2v) is 3.34. The van der Waals surface area contributed by atoms with Gasteiger partial charge in [0, 0.05) is 0 Å². The average molecular weight is 225 g/mol. The fourth-order valence-electron chi connectivity index (χ4n) is 0.856. The summed E-state index contributed by atoms with van der Waals surface area (Å²) in [5.41, 5.74) is 0. The van der Waals surface area contributed by atoms with E-state index in [0.717, 1.165) is 26.2 Å². The first-order chi connectivity index (χ1) is 6.83. The minimum atomic E-state index is 0. The van der Waals surface area contributed by atoms with Crippen LogP contribution >= 0.6 is 0 Å². The van der Waals surface area contributed by atoms with Crippen LogP contribution < -0.4 is 0 Å². The Kier molecular flexibility index (Phi) is 33.8. The van der Waals surface area contributed by atoms with Crippen molar-refractivity contribution >= 4 is 23.1 Å². The molecule has 3 heteroatoms. The van der Waals surface area contributed by atoms with Gasteiger partial charge in [0.2, 0.25) is 0 Å². The van der Waals surface area contributed by atoms with E-state index in [1.807, 2.05) is 0 Å². The number of nitrogens with zero attached hydrogens (tertiary/aromatic N) is 2. The Bertz CT molecular complexity index is 62.0. The van der Waals surface area contributed by atoms with Gasteiger partial charge in [-0.1, -0.05) is 53.4 Å². The first-order valence-corrected chi connectivity index (χ1v) is 6.09. The second-order valence-electron chi connectivity index (χ2n) is 3.34. The van der Waals surface area contributed by atoms with E-state index in [2.05, 4.69) is 38.3 Å². The molecular formula is C12H28MgN2. The molecule has 0 bridgehead atoms. The summed E-state index contributed by atoms with van der Waals surface area (Å²) in [7, 11) is 0. The normalized spacial score (nSPS) is 8.80. The van der Waals surface area contributed by atoms with Crippen molar-refractivity contribution in [3.05, 3.63) is 10.6 Å². The van der Waals surface area contributed by atoms with Crippen LogP contribution in [0.25, 0.3) is 10.6 Å². The van der Waals surface area contributed by atoms with Crippen LogP contribution in [0.2, 0.25) is 0 Å². The standard InChI is InChI=1S/2C6H14N.Mg/c2*1-3-5-7-6-4-2;/h2*3-6H2,1-2H3;/q2*-1;+2. The van der Waals surface area contributed by atoms with Gasteiger partial charge in [0.15, 0.2) is 0 Å². The van der Waals surface area contributed by atoms with Gasteiger partial charge in [-0.15, -0.1) is 26.2 Å². The smallest absolute Gasteiger partial charge is 0.662 e. The number of hydrogen-bond donors (Lipinski definition) is 0. The van der Waals surface area contributed by atoms with Crippen molar-refractivity contribution in [2.45, 2.75) is 53.4 Å². The Morgan fingerprint density at radius 3 is 0.867 bits per heavy atom. The van der Waals surface area contributed by atoms with Crippen molar-refractivity contribution < 1.29 is 0 Å². The van der Waals surface area contributed by atoms with E-state index in [-0.39, 0.29) is 23.1 Å². The Labute approximate surface area is 113 Å². The summed E-state index contributed by atoms with van der Waals surface area (Å²) in [6.45, 7) is 12.8. The van der Waals surface area contributed by atoms with Gasteiger partial charge >= 0.3 is 23.1 Å². The van der Waals surface area contributed by atoms with E-state index in [1.54, 1.807) is 0 Å². The largest absolute Gasteiger partial charge is 2.00 e. The molecule has 0 saturated heterocycles. The van der Waals surface area contributed by atoms with E-state index < -0.39 is 0 Å². The molecule has 0 rings (SSSR count). The molecule has 0 fully saturated rings. The third kappa shape index (κ3) is 31.3. The zero-order valence-electron chi connectivity index (χ0n) is 11.3. The molecule has 15 heavy (non-hydrogen) atoms. The molecular weight excluding hydrogens is 196 g/mol. The van der Waals surface area contributed by atoms with Gasteiger partial charge < -0.3 is 10.6 Å². The molecule has 0 atom stereocenters. The van der Waals surface area contributed by atoms with E-state index in [4.69, 9.17) is 0 Å². The molecule has 0 aliphatic carbocycles. The Morgan fingerprint density at radius 2 is 0.733 bits per heavy atom. The maximum absolute atomic E-state index is 4.21. The third-order valence-electron chi connectivity index (χ3n) is 1.53. The van der Waals surface area contributed by atoms with Gasteiger partial charge in [0.05, 0.1) is 0 Å². The van der Waals surface area contributed by atoms with Gasteiger partial charge in [-0.2, -0.15) is 0 Å². The average Bonchev–Trinajstić information content (AvgIpc) is 2.21. The SMILES string of the molecule is CCC[N-]CCC.CCC[N-]CCC.[Mg+2]. The fraction of sp³-hybridized carbons (Fsp3) is 1.00. The quantitative estimate of drug-likeness (QED) is 0.441. The van der Waals surface area contributed by atoms with Crippen molar-refractivity contribution in [1.29, 1.82) is 0 Å². The zero-order valence-corrected chi connectivity index (χ0v) is 12.7. The summed E-state index contributed by atoms with van der Waals surface area (Å²) in [5.74, 6) is 0. The first kappa shape index (κ1) is 21.0. The van der Waals surface area contributed by atoms with E-state index in [0.29, 0.717) is 0 Å². The van der Waals surface area contributed by atoms with E-state index >= 15 is 0 Å². The molecule has 0 saturated carbocycles. The Morgan fingerprint density at radius 1 is 0.533 bits per heavy atom. The molecule has 0 aliphatic heterocycles. The van der Waals surface area contributed by atoms with Gasteiger partial charge in [-0.05, 0) is 0 Å². The van der Waals surface area contributed by atoms with Crippen molar-refractivity contribution in [3.8, 4) is 0 Å². The molecule has 2 nitrogen and oxygen atoms in total. The van der Waals surface area contributed by atoms with Crippen molar-refractivity contribution in [1.82, 2.24) is 0 Å². The Balaban J connectivity index is -0.000000180. The van der Waals surface area contributed by atoms with Crippen LogP contribution in [0.5, 0.6) is 0 Å². The van der Waals surface area contributed by atoms with Gasteiger partial charge in [-0.3, -0.25) is 0 Å². The predicted molar refractivity (Wildman–Crippen MR) is 73.1 cm³/mol. The fourth-order valence-corrected chi connectivity index (χ4v) is 0.856. The van der Waals surface area contributed by atoms with Crippen molar-refractivity contribution in [2.75, 3.05) is 26.2 Å². The summed E-state index contributed by atoms with van der Waals surface area (Å²) in [5, 5.41) is 8.42. The van der Waals surface area contributed by atoms with Crippen LogP contribution in [0.1, 0.15) is 53.4 Å². The van der Waals surface area contributed by atoms with Gasteiger partial charge in [0.1, 0.15) is 0 Å². The molecule has 0 aliphatic rings. The zero-order chi connectivity index (χ0) is 11.1. The van der Waals surface area contributed by atoms with Crippen molar-refractivity contribution in [2.24, 2.45) is 0 Å². The minimum Gasteiger partial charge on any atom is -0.662 e. The molecule has 0 unspecified atom stereocenters. The summed E-state index contributed by atoms with van der Waals surface area (Å²) >= 11 is 0. The van der Waals surface area contributed by atoms with Crippen LogP contribution in [0.15, 0.2) is 0 Å². The molecule has 0 radical (unpaired) electrons.